The molecule has 0 aromatic carbocycles. The van der Waals surface area contributed by atoms with Crippen molar-refractivity contribution in [1.29, 1.82) is 0 Å². The molecule has 0 fully saturated rings. The molecule has 0 aromatic rings. The summed E-state index contributed by atoms with van der Waals surface area (Å²) in [6.07, 6.45) is 0. The molecular formula is C6H17N2Si. The van der Waals surface area contributed by atoms with Gasteiger partial charge in [0.1, 0.15) is 0 Å². The predicted octanol–water partition coefficient (Wildman–Crippen LogP) is 0.714. The number of hydrogen-bond donors (Lipinski definition) is 2. The van der Waals surface area contributed by atoms with Gasteiger partial charge in [0.15, 0.2) is 0 Å². The van der Waals surface area contributed by atoms with Gasteiger partial charge in [-0.15, -0.1) is 0 Å². The van der Waals surface area contributed by atoms with E-state index in [9.17, 15) is 0 Å². The quantitative estimate of drug-likeness (QED) is 0.557. The summed E-state index contributed by atoms with van der Waals surface area (Å²) in [4.78, 5) is 6.85. The molecule has 0 saturated heterocycles. The summed E-state index contributed by atoms with van der Waals surface area (Å²) in [6, 6.07) is 1.26. The predicted molar refractivity (Wildman–Crippen MR) is 43.6 cm³/mol. The maximum Gasteiger partial charge on any atom is 0.223 e. The lowest BCUT2D eigenvalue weighted by Gasteiger charge is -2.11. The summed E-state index contributed by atoms with van der Waals surface area (Å²) >= 11 is 0. The zero-order valence-electron chi connectivity index (χ0n) is 6.62. The summed E-state index contributed by atoms with van der Waals surface area (Å²) in [5.74, 6) is 0. The highest BCUT2D eigenvalue weighted by Gasteiger charge is 2.03. The third kappa shape index (κ3) is 4.63. The molecule has 0 rings (SSSR count). The third-order valence-electron chi connectivity index (χ3n) is 1.13. The highest BCUT2D eigenvalue weighted by molar-refractivity contribution is 6.53. The maximum absolute atomic E-state index is 3.42. The van der Waals surface area contributed by atoms with Crippen molar-refractivity contribution in [2.45, 2.75) is 26.8 Å². The molecule has 0 aromatic heterocycles. The van der Waals surface area contributed by atoms with E-state index in [1.54, 1.807) is 0 Å². The van der Waals surface area contributed by atoms with Crippen LogP contribution in [0.3, 0.4) is 0 Å². The Morgan fingerprint density at radius 1 is 1.00 bits per heavy atom. The number of rotatable bonds is 5. The lowest BCUT2D eigenvalue weighted by Crippen LogP contribution is -2.46. The van der Waals surface area contributed by atoms with Gasteiger partial charge in [-0.3, -0.25) is 0 Å². The molecule has 0 aliphatic carbocycles. The minimum atomic E-state index is -0.386. The highest BCUT2D eigenvalue weighted by atomic mass is 28.3. The second kappa shape index (κ2) is 6.26. The fourth-order valence-corrected chi connectivity index (χ4v) is 2.22. The number of hydrogen-bond acceptors (Lipinski definition) is 2. The average molecular weight is 145 g/mol. The maximum atomic E-state index is 3.42. The van der Waals surface area contributed by atoms with E-state index in [-0.39, 0.29) is 9.12 Å². The summed E-state index contributed by atoms with van der Waals surface area (Å²) < 4.78 is 0. The van der Waals surface area contributed by atoms with E-state index in [4.69, 9.17) is 0 Å². The molecule has 0 aliphatic heterocycles. The molecule has 2 nitrogen and oxygen atoms in total. The van der Waals surface area contributed by atoms with Crippen molar-refractivity contribution in [3.05, 3.63) is 0 Å². The first-order valence-electron chi connectivity index (χ1n) is 3.68. The minimum Gasteiger partial charge on any atom is -0.326 e. The van der Waals surface area contributed by atoms with Gasteiger partial charge in [-0.05, 0) is 19.1 Å². The molecule has 2 N–H and O–H groups in total. The Hall–Kier alpha value is 0.137. The molecule has 3 heteroatoms. The van der Waals surface area contributed by atoms with Crippen LogP contribution in [0.2, 0.25) is 6.04 Å². The van der Waals surface area contributed by atoms with Gasteiger partial charge in [-0.2, -0.15) is 0 Å². The first-order valence-corrected chi connectivity index (χ1v) is 5.39. The fourth-order valence-electron chi connectivity index (χ4n) is 0.739. The van der Waals surface area contributed by atoms with E-state index in [1.165, 1.54) is 6.04 Å². The Morgan fingerprint density at radius 3 is 1.67 bits per heavy atom. The molecule has 0 spiro atoms. The fraction of sp³-hybridized carbons (Fsp3) is 1.00. The third-order valence-corrected chi connectivity index (χ3v) is 3.40. The zero-order chi connectivity index (χ0) is 7.11. The first-order chi connectivity index (χ1) is 4.35. The molecule has 9 heavy (non-hydrogen) atoms. The molecule has 0 heterocycles. The van der Waals surface area contributed by atoms with Crippen LogP contribution in [0.15, 0.2) is 0 Å². The van der Waals surface area contributed by atoms with E-state index in [0.717, 1.165) is 13.1 Å². The Bertz CT molecular complexity index is 53.0. The highest BCUT2D eigenvalue weighted by Crippen LogP contribution is 1.79. The van der Waals surface area contributed by atoms with Gasteiger partial charge in [-0.25, -0.2) is 0 Å². The van der Waals surface area contributed by atoms with Gasteiger partial charge in [0.2, 0.25) is 9.12 Å². The van der Waals surface area contributed by atoms with Gasteiger partial charge < -0.3 is 9.96 Å². The normalized spacial score (nSPS) is 10.7. The monoisotopic (exact) mass is 145 g/mol. The molecule has 0 aliphatic rings. The Kier molecular flexibility index (Phi) is 6.35. The van der Waals surface area contributed by atoms with Gasteiger partial charge >= 0.3 is 0 Å². The van der Waals surface area contributed by atoms with E-state index >= 15 is 0 Å². The van der Waals surface area contributed by atoms with Gasteiger partial charge in [-0.1, -0.05) is 20.8 Å². The van der Waals surface area contributed by atoms with E-state index < -0.39 is 0 Å². The molecule has 0 saturated carbocycles. The molecule has 0 atom stereocenters. The van der Waals surface area contributed by atoms with Crippen molar-refractivity contribution >= 4 is 9.12 Å². The van der Waals surface area contributed by atoms with Crippen LogP contribution in [0.4, 0.5) is 0 Å². The van der Waals surface area contributed by atoms with Crippen molar-refractivity contribution < 1.29 is 0 Å². The van der Waals surface area contributed by atoms with Crippen LogP contribution >= 0.6 is 0 Å². The smallest absolute Gasteiger partial charge is 0.223 e. The molecule has 0 amide bonds. The van der Waals surface area contributed by atoms with Gasteiger partial charge in [0.05, 0.1) is 0 Å². The number of nitrogens with one attached hydrogen (secondary N) is 2. The summed E-state index contributed by atoms with van der Waals surface area (Å²) in [6.45, 7) is 8.71. The Labute approximate surface area is 59.8 Å². The first kappa shape index (κ1) is 9.14. The van der Waals surface area contributed by atoms with Crippen molar-refractivity contribution in [2.24, 2.45) is 0 Å². The van der Waals surface area contributed by atoms with Gasteiger partial charge in [0.25, 0.3) is 0 Å². The summed E-state index contributed by atoms with van der Waals surface area (Å²) in [5.41, 5.74) is 0. The van der Waals surface area contributed by atoms with Crippen LogP contribution in [-0.2, 0) is 0 Å². The average Bonchev–Trinajstić information content (AvgIpc) is 1.88. The van der Waals surface area contributed by atoms with Gasteiger partial charge in [0, 0.05) is 0 Å². The topological polar surface area (TPSA) is 24.1 Å². The van der Waals surface area contributed by atoms with Crippen molar-refractivity contribution in [1.82, 2.24) is 9.96 Å². The van der Waals surface area contributed by atoms with Crippen LogP contribution in [0.1, 0.15) is 20.8 Å². The van der Waals surface area contributed by atoms with Crippen LogP contribution < -0.4 is 9.96 Å². The summed E-state index contributed by atoms with van der Waals surface area (Å²) in [5, 5.41) is 0. The molecule has 0 unspecified atom stereocenters. The van der Waals surface area contributed by atoms with E-state index in [1.807, 2.05) is 0 Å². The molecule has 55 valence electrons. The van der Waals surface area contributed by atoms with Crippen LogP contribution in [-0.4, -0.2) is 22.2 Å². The second-order valence-electron chi connectivity index (χ2n) is 1.89. The minimum absolute atomic E-state index is 0.386. The lowest BCUT2D eigenvalue weighted by molar-refractivity contribution is 0.882. The van der Waals surface area contributed by atoms with Crippen LogP contribution in [0, 0.1) is 0 Å². The van der Waals surface area contributed by atoms with Crippen molar-refractivity contribution in [3.63, 3.8) is 0 Å². The largest absolute Gasteiger partial charge is 0.326 e. The molecular weight excluding hydrogens is 128 g/mol. The standard InChI is InChI=1S/C6H17N2Si/c1-4-7-9(6-3)8-5-2/h7-8H,4-6H2,1-3H3. The SMILES string of the molecule is CCN[Si](CC)NCC. The molecule has 0 bridgehead atoms. The van der Waals surface area contributed by atoms with Crippen LogP contribution in [0.25, 0.3) is 0 Å². The Morgan fingerprint density at radius 2 is 1.44 bits per heavy atom. The lowest BCUT2D eigenvalue weighted by atomic mass is 10.8. The Balaban J connectivity index is 3.18. The van der Waals surface area contributed by atoms with E-state index in [0.29, 0.717) is 0 Å². The summed E-state index contributed by atoms with van der Waals surface area (Å²) in [7, 11) is -0.386. The van der Waals surface area contributed by atoms with E-state index in [2.05, 4.69) is 30.7 Å². The second-order valence-corrected chi connectivity index (χ2v) is 4.26. The molecule has 1 radical (unpaired) electrons. The zero-order valence-corrected chi connectivity index (χ0v) is 7.62. The van der Waals surface area contributed by atoms with Crippen LogP contribution in [0.5, 0.6) is 0 Å². The van der Waals surface area contributed by atoms with Crippen molar-refractivity contribution in [3.8, 4) is 0 Å². The van der Waals surface area contributed by atoms with Crippen molar-refractivity contribution in [2.75, 3.05) is 13.1 Å².